The maximum atomic E-state index is 10.4. The molecule has 0 amide bonds. The van der Waals surface area contributed by atoms with Crippen molar-refractivity contribution in [2.75, 3.05) is 0 Å². The molecule has 0 fully saturated rings. The van der Waals surface area contributed by atoms with Crippen LogP contribution in [0, 0.1) is 19.8 Å². The Kier molecular flexibility index (Phi) is 3.86. The smallest absolute Gasteiger partial charge is 0.256 e. The number of benzene rings is 3. The fourth-order valence-corrected chi connectivity index (χ4v) is 4.72. The molecule has 2 heterocycles. The molecule has 146 valence electrons. The summed E-state index contributed by atoms with van der Waals surface area (Å²) in [4.78, 5) is 0. The Morgan fingerprint density at radius 2 is 1.83 bits per heavy atom. The molecule has 0 unspecified atom stereocenters. The lowest BCUT2D eigenvalue weighted by molar-refractivity contribution is -0.633. The minimum atomic E-state index is 0.273. The molecule has 1 N–H and O–H groups in total. The second-order valence-electron chi connectivity index (χ2n) is 8.71. The minimum absolute atomic E-state index is 0.273. The van der Waals surface area contributed by atoms with Crippen LogP contribution in [-0.2, 0) is 13.5 Å². The van der Waals surface area contributed by atoms with Crippen LogP contribution in [0.4, 0.5) is 0 Å². The standard InChI is InChI=1S/C26H25NO2/c1-14(2)9-17-11-18-10-15(3)16(4)24-25(18)22(12-17)29-23-13-19-20(27(5)26(23)24)7-6-8-21(19)28/h6-8,10-14H,9H2,1-5H3/p+1. The van der Waals surface area contributed by atoms with Crippen LogP contribution in [0.25, 0.3) is 32.9 Å². The first-order valence-corrected chi connectivity index (χ1v) is 10.2. The van der Waals surface area contributed by atoms with Gasteiger partial charge in [-0.2, -0.15) is 4.57 Å². The maximum absolute atomic E-state index is 10.4. The van der Waals surface area contributed by atoms with Gasteiger partial charge in [0, 0.05) is 17.5 Å². The number of ether oxygens (including phenoxy) is 1. The molecule has 0 bridgehead atoms. The number of phenols is 1. The van der Waals surface area contributed by atoms with E-state index in [4.69, 9.17) is 4.74 Å². The van der Waals surface area contributed by atoms with E-state index in [9.17, 15) is 5.11 Å². The average Bonchev–Trinajstić information content (AvgIpc) is 2.65. The van der Waals surface area contributed by atoms with E-state index >= 15 is 0 Å². The molecule has 3 heteroatoms. The van der Waals surface area contributed by atoms with Crippen LogP contribution in [0.1, 0.15) is 30.5 Å². The SMILES string of the molecule is Cc1cc2cc(CC(C)C)cc3c2c(c1C)-c1c(cc2c(O)cccc2[n+]1C)O3. The zero-order valence-corrected chi connectivity index (χ0v) is 17.6. The molecular weight excluding hydrogens is 358 g/mol. The molecule has 1 aromatic heterocycles. The first-order chi connectivity index (χ1) is 13.8. The number of aryl methyl sites for hydroxylation is 2. The molecule has 1 aliphatic rings. The van der Waals surface area contributed by atoms with Gasteiger partial charge in [-0.1, -0.05) is 32.0 Å². The van der Waals surface area contributed by atoms with Gasteiger partial charge in [-0.05, 0) is 60.4 Å². The zero-order valence-electron chi connectivity index (χ0n) is 17.6. The van der Waals surface area contributed by atoms with E-state index in [1.165, 1.54) is 33.0 Å². The summed E-state index contributed by atoms with van der Waals surface area (Å²) in [5.41, 5.74) is 7.15. The molecule has 0 spiro atoms. The Morgan fingerprint density at radius 1 is 1.03 bits per heavy atom. The molecule has 3 nitrogen and oxygen atoms in total. The number of aromatic nitrogens is 1. The number of hydrogen-bond acceptors (Lipinski definition) is 2. The molecule has 29 heavy (non-hydrogen) atoms. The van der Waals surface area contributed by atoms with E-state index in [0.717, 1.165) is 34.5 Å². The van der Waals surface area contributed by atoms with Gasteiger partial charge < -0.3 is 9.84 Å². The fraction of sp³-hybridized carbons (Fsp3) is 0.269. The van der Waals surface area contributed by atoms with Crippen LogP contribution in [-0.4, -0.2) is 5.11 Å². The number of nitrogens with zero attached hydrogens (tertiary/aromatic N) is 1. The third kappa shape index (κ3) is 2.61. The number of pyridine rings is 1. The number of phenolic OH excluding ortho intramolecular Hbond substituents is 1. The van der Waals surface area contributed by atoms with Crippen LogP contribution in [0.5, 0.6) is 17.2 Å². The van der Waals surface area contributed by atoms with E-state index in [2.05, 4.69) is 57.5 Å². The summed E-state index contributed by atoms with van der Waals surface area (Å²) >= 11 is 0. The van der Waals surface area contributed by atoms with Crippen molar-refractivity contribution >= 4 is 21.7 Å². The molecular formula is C26H26NO2+. The van der Waals surface area contributed by atoms with Crippen molar-refractivity contribution in [1.29, 1.82) is 0 Å². The summed E-state index contributed by atoms with van der Waals surface area (Å²) in [5, 5.41) is 13.6. The van der Waals surface area contributed by atoms with Crippen molar-refractivity contribution < 1.29 is 14.4 Å². The van der Waals surface area contributed by atoms with E-state index < -0.39 is 0 Å². The second kappa shape index (κ2) is 6.21. The predicted octanol–water partition coefficient (Wildman–Crippen LogP) is 6.11. The van der Waals surface area contributed by atoms with Gasteiger partial charge in [0.25, 0.3) is 5.69 Å². The summed E-state index contributed by atoms with van der Waals surface area (Å²) in [6, 6.07) is 14.4. The van der Waals surface area contributed by atoms with Crippen LogP contribution < -0.4 is 9.30 Å². The molecule has 0 radical (unpaired) electrons. The Hall–Kier alpha value is -3.07. The van der Waals surface area contributed by atoms with Gasteiger partial charge in [-0.3, -0.25) is 0 Å². The van der Waals surface area contributed by atoms with Gasteiger partial charge in [-0.15, -0.1) is 0 Å². The number of fused-ring (bicyclic) bond motifs is 3. The van der Waals surface area contributed by atoms with Gasteiger partial charge in [-0.25, -0.2) is 0 Å². The number of hydrogen-bond donors (Lipinski definition) is 1. The number of aromatic hydroxyl groups is 1. The normalized spacial score (nSPS) is 12.5. The Morgan fingerprint density at radius 3 is 2.59 bits per heavy atom. The number of rotatable bonds is 2. The van der Waals surface area contributed by atoms with E-state index in [1.54, 1.807) is 6.07 Å². The first-order valence-electron chi connectivity index (χ1n) is 10.2. The van der Waals surface area contributed by atoms with Crippen molar-refractivity contribution in [2.45, 2.75) is 34.1 Å². The van der Waals surface area contributed by atoms with Crippen molar-refractivity contribution in [1.82, 2.24) is 0 Å². The van der Waals surface area contributed by atoms with Crippen LogP contribution >= 0.6 is 0 Å². The zero-order chi connectivity index (χ0) is 20.4. The predicted molar refractivity (Wildman–Crippen MR) is 118 cm³/mol. The largest absolute Gasteiger partial charge is 0.507 e. The Balaban J connectivity index is 1.92. The highest BCUT2D eigenvalue weighted by molar-refractivity contribution is 6.05. The Bertz CT molecular complexity index is 1320. The highest BCUT2D eigenvalue weighted by Crippen LogP contribution is 2.49. The second-order valence-corrected chi connectivity index (χ2v) is 8.71. The van der Waals surface area contributed by atoms with Gasteiger partial charge in [0.05, 0.1) is 10.9 Å². The molecule has 5 rings (SSSR count). The highest BCUT2D eigenvalue weighted by Gasteiger charge is 2.32. The van der Waals surface area contributed by atoms with Crippen molar-refractivity contribution in [3.63, 3.8) is 0 Å². The monoisotopic (exact) mass is 384 g/mol. The lowest BCUT2D eigenvalue weighted by Gasteiger charge is -2.23. The lowest BCUT2D eigenvalue weighted by atomic mass is 9.88. The molecule has 0 atom stereocenters. The quantitative estimate of drug-likeness (QED) is 0.372. The van der Waals surface area contributed by atoms with Crippen LogP contribution in [0.15, 0.2) is 42.5 Å². The maximum Gasteiger partial charge on any atom is 0.256 e. The van der Waals surface area contributed by atoms with Gasteiger partial charge >= 0.3 is 0 Å². The molecule has 0 saturated heterocycles. The molecule has 4 aromatic rings. The van der Waals surface area contributed by atoms with Crippen molar-refractivity contribution in [2.24, 2.45) is 13.0 Å². The van der Waals surface area contributed by atoms with Crippen LogP contribution in [0.3, 0.4) is 0 Å². The molecule has 0 saturated carbocycles. The van der Waals surface area contributed by atoms with E-state index in [1.807, 2.05) is 18.2 Å². The highest BCUT2D eigenvalue weighted by atomic mass is 16.5. The summed E-state index contributed by atoms with van der Waals surface area (Å²) in [6.07, 6.45) is 1.02. The summed E-state index contributed by atoms with van der Waals surface area (Å²) in [7, 11) is 2.05. The van der Waals surface area contributed by atoms with Gasteiger partial charge in [0.1, 0.15) is 18.5 Å². The van der Waals surface area contributed by atoms with Gasteiger partial charge in [0.15, 0.2) is 5.75 Å². The average molecular weight is 384 g/mol. The summed E-state index contributed by atoms with van der Waals surface area (Å²) in [5.74, 6) is 2.57. The topological polar surface area (TPSA) is 33.3 Å². The molecule has 1 aliphatic heterocycles. The van der Waals surface area contributed by atoms with Gasteiger partial charge in [0.2, 0.25) is 5.52 Å². The first kappa shape index (κ1) is 18.0. The van der Waals surface area contributed by atoms with E-state index in [-0.39, 0.29) is 5.75 Å². The fourth-order valence-electron chi connectivity index (χ4n) is 4.72. The molecule has 0 aliphatic carbocycles. The molecule has 3 aromatic carbocycles. The Labute approximate surface area is 171 Å². The summed E-state index contributed by atoms with van der Waals surface area (Å²) < 4.78 is 8.63. The van der Waals surface area contributed by atoms with Crippen molar-refractivity contribution in [3.8, 4) is 28.5 Å². The van der Waals surface area contributed by atoms with E-state index in [0.29, 0.717) is 5.92 Å². The minimum Gasteiger partial charge on any atom is -0.507 e. The summed E-state index contributed by atoms with van der Waals surface area (Å²) in [6.45, 7) is 8.86. The van der Waals surface area contributed by atoms with Crippen molar-refractivity contribution in [3.05, 3.63) is 59.2 Å². The van der Waals surface area contributed by atoms with Crippen LogP contribution in [0.2, 0.25) is 0 Å². The third-order valence-corrected chi connectivity index (χ3v) is 6.15. The lowest BCUT2D eigenvalue weighted by Crippen LogP contribution is -2.33. The third-order valence-electron chi connectivity index (χ3n) is 6.15.